The molecule has 0 fully saturated rings. The lowest BCUT2D eigenvalue weighted by Gasteiger charge is -2.06. The minimum absolute atomic E-state index is 0.190. The van der Waals surface area contributed by atoms with Crippen molar-refractivity contribution in [1.29, 1.82) is 0 Å². The molecule has 0 saturated heterocycles. The summed E-state index contributed by atoms with van der Waals surface area (Å²) >= 11 is 11.7. The molecule has 0 aliphatic heterocycles. The summed E-state index contributed by atoms with van der Waals surface area (Å²) in [6, 6.07) is 1.55. The van der Waals surface area contributed by atoms with Crippen LogP contribution in [0.4, 0.5) is 0 Å². The zero-order valence-corrected chi connectivity index (χ0v) is 11.2. The number of carbonyl (C=O) groups excluding carboxylic acids is 1. The number of amides is 1. The Morgan fingerprint density at radius 2 is 2.12 bits per heavy atom. The highest BCUT2D eigenvalue weighted by atomic mass is 35.5. The van der Waals surface area contributed by atoms with Gasteiger partial charge in [0, 0.05) is 20.2 Å². The van der Waals surface area contributed by atoms with Crippen molar-refractivity contribution in [3.63, 3.8) is 0 Å². The zero-order valence-electron chi connectivity index (χ0n) is 9.67. The van der Waals surface area contributed by atoms with E-state index in [1.807, 2.05) is 0 Å². The van der Waals surface area contributed by atoms with Gasteiger partial charge >= 0.3 is 0 Å². The second-order valence-electron chi connectivity index (χ2n) is 3.77. The van der Waals surface area contributed by atoms with Crippen LogP contribution in [0.15, 0.2) is 6.07 Å². The number of aliphatic hydroxyl groups excluding tert-OH is 1. The predicted molar refractivity (Wildman–Crippen MR) is 68.7 cm³/mol. The molecule has 0 aromatic carbocycles. The number of halogens is 2. The van der Waals surface area contributed by atoms with Crippen LogP contribution < -0.4 is 5.32 Å². The van der Waals surface area contributed by atoms with Gasteiger partial charge in [-0.05, 0) is 25.3 Å². The summed E-state index contributed by atoms with van der Waals surface area (Å²) in [7, 11) is 1.69. The molecule has 0 atom stereocenters. The van der Waals surface area contributed by atoms with E-state index in [0.717, 1.165) is 19.3 Å². The quantitative estimate of drug-likeness (QED) is 0.784. The van der Waals surface area contributed by atoms with Crippen molar-refractivity contribution in [2.24, 2.45) is 7.05 Å². The van der Waals surface area contributed by atoms with Gasteiger partial charge in [-0.25, -0.2) is 0 Å². The zero-order chi connectivity index (χ0) is 12.8. The molecule has 4 nitrogen and oxygen atoms in total. The molecule has 1 aromatic heterocycles. The number of rotatable bonds is 6. The summed E-state index contributed by atoms with van der Waals surface area (Å²) in [5.74, 6) is -0.190. The Morgan fingerprint density at radius 1 is 1.41 bits per heavy atom. The van der Waals surface area contributed by atoms with Crippen molar-refractivity contribution in [2.45, 2.75) is 19.3 Å². The van der Waals surface area contributed by atoms with Crippen molar-refractivity contribution in [3.8, 4) is 0 Å². The Kier molecular flexibility index (Phi) is 5.82. The minimum atomic E-state index is -0.190. The highest BCUT2D eigenvalue weighted by Gasteiger charge is 2.14. The average molecular weight is 279 g/mol. The van der Waals surface area contributed by atoms with Gasteiger partial charge in [0.15, 0.2) is 0 Å². The fraction of sp³-hybridized carbons (Fsp3) is 0.545. The maximum absolute atomic E-state index is 11.8. The number of aromatic nitrogens is 1. The first-order chi connectivity index (χ1) is 8.07. The Hall–Kier alpha value is -0.710. The molecule has 0 saturated carbocycles. The second-order valence-corrected chi connectivity index (χ2v) is 4.53. The molecule has 2 N–H and O–H groups in total. The van der Waals surface area contributed by atoms with Gasteiger partial charge in [-0.1, -0.05) is 23.2 Å². The lowest BCUT2D eigenvalue weighted by Crippen LogP contribution is -2.26. The van der Waals surface area contributed by atoms with Crippen molar-refractivity contribution < 1.29 is 9.90 Å². The molecule has 6 heteroatoms. The molecule has 17 heavy (non-hydrogen) atoms. The van der Waals surface area contributed by atoms with Crippen LogP contribution in [0.1, 0.15) is 29.8 Å². The van der Waals surface area contributed by atoms with Gasteiger partial charge in [-0.2, -0.15) is 0 Å². The molecule has 1 heterocycles. The monoisotopic (exact) mass is 278 g/mol. The van der Waals surface area contributed by atoms with Gasteiger partial charge in [0.25, 0.3) is 5.91 Å². The third-order valence-corrected chi connectivity index (χ3v) is 3.31. The van der Waals surface area contributed by atoms with Gasteiger partial charge in [0.2, 0.25) is 0 Å². The van der Waals surface area contributed by atoms with E-state index in [4.69, 9.17) is 28.3 Å². The average Bonchev–Trinajstić information content (AvgIpc) is 2.56. The number of nitrogens with zero attached hydrogens (tertiary/aromatic N) is 1. The summed E-state index contributed by atoms with van der Waals surface area (Å²) < 4.78 is 1.55. The van der Waals surface area contributed by atoms with Crippen LogP contribution in [0.3, 0.4) is 0 Å². The summed E-state index contributed by atoms with van der Waals surface area (Å²) in [5, 5.41) is 12.1. The van der Waals surface area contributed by atoms with Crippen molar-refractivity contribution in [2.75, 3.05) is 13.2 Å². The van der Waals surface area contributed by atoms with Crippen molar-refractivity contribution in [3.05, 3.63) is 21.9 Å². The number of aliphatic hydroxyl groups is 1. The molecule has 0 aliphatic rings. The van der Waals surface area contributed by atoms with Gasteiger partial charge < -0.3 is 15.0 Å². The molecule has 1 amide bonds. The molecular weight excluding hydrogens is 263 g/mol. The summed E-state index contributed by atoms with van der Waals surface area (Å²) in [6.07, 6.45) is 2.50. The standard InChI is InChI=1S/C11H16Cl2N2O2/c1-15-9(7-8(12)10(15)13)11(17)14-5-3-2-4-6-16/h7,16H,2-6H2,1H3,(H,14,17). The van der Waals surface area contributed by atoms with E-state index >= 15 is 0 Å². The highest BCUT2D eigenvalue weighted by molar-refractivity contribution is 6.41. The van der Waals surface area contributed by atoms with Crippen molar-refractivity contribution in [1.82, 2.24) is 9.88 Å². The maximum atomic E-state index is 11.8. The third-order valence-electron chi connectivity index (χ3n) is 2.47. The van der Waals surface area contributed by atoms with Crippen LogP contribution in [0, 0.1) is 0 Å². The summed E-state index contributed by atoms with van der Waals surface area (Å²) in [4.78, 5) is 11.8. The molecule has 0 bridgehead atoms. The number of nitrogens with one attached hydrogen (secondary N) is 1. The first kappa shape index (κ1) is 14.4. The van der Waals surface area contributed by atoms with Gasteiger partial charge in [0.1, 0.15) is 10.8 Å². The Balaban J connectivity index is 2.44. The first-order valence-corrected chi connectivity index (χ1v) is 6.23. The van der Waals surface area contributed by atoms with Crippen LogP contribution >= 0.6 is 23.2 Å². The van der Waals surface area contributed by atoms with Gasteiger partial charge in [0.05, 0.1) is 5.02 Å². The maximum Gasteiger partial charge on any atom is 0.267 e. The normalized spacial score (nSPS) is 10.6. The number of unbranched alkanes of at least 4 members (excludes halogenated alkanes) is 2. The fourth-order valence-corrected chi connectivity index (χ4v) is 1.84. The number of hydrogen-bond acceptors (Lipinski definition) is 2. The highest BCUT2D eigenvalue weighted by Crippen LogP contribution is 2.24. The van der Waals surface area contributed by atoms with E-state index in [-0.39, 0.29) is 12.5 Å². The molecule has 0 spiro atoms. The topological polar surface area (TPSA) is 54.3 Å². The summed E-state index contributed by atoms with van der Waals surface area (Å²) in [6.45, 7) is 0.774. The van der Waals surface area contributed by atoms with E-state index in [9.17, 15) is 4.79 Å². The van der Waals surface area contributed by atoms with Gasteiger partial charge in [-0.15, -0.1) is 0 Å². The molecular formula is C11H16Cl2N2O2. The largest absolute Gasteiger partial charge is 0.396 e. The van der Waals surface area contributed by atoms with Crippen LogP contribution in [-0.2, 0) is 7.05 Å². The Morgan fingerprint density at radius 3 is 2.65 bits per heavy atom. The van der Waals surface area contributed by atoms with Crippen LogP contribution in [0.5, 0.6) is 0 Å². The molecule has 0 unspecified atom stereocenters. The first-order valence-electron chi connectivity index (χ1n) is 5.47. The smallest absolute Gasteiger partial charge is 0.267 e. The molecule has 1 rings (SSSR count). The predicted octanol–water partition coefficient (Wildman–Crippen LogP) is 2.22. The number of hydrogen-bond donors (Lipinski definition) is 2. The van der Waals surface area contributed by atoms with E-state index in [1.165, 1.54) is 0 Å². The minimum Gasteiger partial charge on any atom is -0.396 e. The lowest BCUT2D eigenvalue weighted by molar-refractivity contribution is 0.0945. The Labute approximate surface area is 111 Å². The molecule has 0 radical (unpaired) electrons. The molecule has 0 aliphatic carbocycles. The van der Waals surface area contributed by atoms with E-state index in [2.05, 4.69) is 5.32 Å². The SMILES string of the molecule is Cn1c(C(=O)NCCCCCO)cc(Cl)c1Cl. The van der Waals surface area contributed by atoms with Crippen molar-refractivity contribution >= 4 is 29.1 Å². The van der Waals surface area contributed by atoms with E-state index in [0.29, 0.717) is 22.4 Å². The van der Waals surface area contributed by atoms with E-state index in [1.54, 1.807) is 17.7 Å². The third kappa shape index (κ3) is 3.91. The molecule has 96 valence electrons. The Bertz CT molecular complexity index is 391. The molecule has 1 aromatic rings. The van der Waals surface area contributed by atoms with Crippen LogP contribution in [-0.4, -0.2) is 28.7 Å². The van der Waals surface area contributed by atoms with Crippen LogP contribution in [0.2, 0.25) is 10.2 Å². The lowest BCUT2D eigenvalue weighted by atomic mass is 10.2. The van der Waals surface area contributed by atoms with Crippen LogP contribution in [0.25, 0.3) is 0 Å². The number of carbonyl (C=O) groups is 1. The van der Waals surface area contributed by atoms with Gasteiger partial charge in [-0.3, -0.25) is 4.79 Å². The summed E-state index contributed by atoms with van der Waals surface area (Å²) in [5.41, 5.74) is 0.446. The fourth-order valence-electron chi connectivity index (χ4n) is 1.47. The van der Waals surface area contributed by atoms with E-state index < -0.39 is 0 Å². The second kappa shape index (κ2) is 6.89.